The lowest BCUT2D eigenvalue weighted by molar-refractivity contribution is 0.220. The van der Waals surface area contributed by atoms with E-state index in [1.165, 1.54) is 12.1 Å². The maximum Gasteiger partial charge on any atom is 0.142 e. The molecule has 3 rings (SSSR count). The normalized spacial score (nSPS) is 12.6. The number of halogens is 2. The molecular weight excluding hydrogens is 289 g/mol. The van der Waals surface area contributed by atoms with Gasteiger partial charge in [-0.25, -0.2) is 4.39 Å². The van der Waals surface area contributed by atoms with Crippen molar-refractivity contribution in [1.82, 2.24) is 4.98 Å². The first kappa shape index (κ1) is 14.0. The van der Waals surface area contributed by atoms with Crippen LogP contribution in [-0.4, -0.2) is 10.1 Å². The van der Waals surface area contributed by atoms with Gasteiger partial charge in [-0.2, -0.15) is 0 Å². The van der Waals surface area contributed by atoms with Gasteiger partial charge in [-0.1, -0.05) is 29.8 Å². The molecule has 0 saturated heterocycles. The molecule has 0 aliphatic carbocycles. The summed E-state index contributed by atoms with van der Waals surface area (Å²) in [4.78, 5) is 4.42. The van der Waals surface area contributed by atoms with E-state index in [4.69, 9.17) is 11.6 Å². The largest absolute Gasteiger partial charge is 0.384 e. The fraction of sp³-hybridized carbons (Fsp3) is 0.118. The van der Waals surface area contributed by atoms with Crippen LogP contribution in [0.4, 0.5) is 4.39 Å². The maximum absolute atomic E-state index is 13.5. The molecule has 3 aromatic rings. The summed E-state index contributed by atoms with van der Waals surface area (Å²) in [5.74, 6) is -0.536. The minimum atomic E-state index is -0.900. The van der Waals surface area contributed by atoms with Crippen LogP contribution in [0.5, 0.6) is 0 Å². The first-order chi connectivity index (χ1) is 10.0. The molecule has 0 fully saturated rings. The van der Waals surface area contributed by atoms with Crippen molar-refractivity contribution >= 4 is 22.5 Å². The first-order valence-corrected chi connectivity index (χ1v) is 6.93. The summed E-state index contributed by atoms with van der Waals surface area (Å²) in [6, 6.07) is 13.7. The summed E-state index contributed by atoms with van der Waals surface area (Å²) < 4.78 is 13.5. The van der Waals surface area contributed by atoms with E-state index in [9.17, 15) is 9.50 Å². The van der Waals surface area contributed by atoms with E-state index in [1.54, 1.807) is 12.1 Å². The van der Waals surface area contributed by atoms with Crippen LogP contribution in [0.2, 0.25) is 5.02 Å². The molecule has 0 spiro atoms. The minimum absolute atomic E-state index is 0.0455. The predicted molar refractivity (Wildman–Crippen MR) is 82.0 cm³/mol. The van der Waals surface area contributed by atoms with Crippen molar-refractivity contribution in [3.8, 4) is 0 Å². The summed E-state index contributed by atoms with van der Waals surface area (Å²) in [6.45, 7) is 1.93. The lowest BCUT2D eigenvalue weighted by Gasteiger charge is -2.13. The number of nitrogens with zero attached hydrogens (tertiary/aromatic N) is 1. The van der Waals surface area contributed by atoms with Gasteiger partial charge in [0.1, 0.15) is 11.9 Å². The van der Waals surface area contributed by atoms with Gasteiger partial charge in [-0.3, -0.25) is 4.98 Å². The van der Waals surface area contributed by atoms with E-state index in [1.807, 2.05) is 31.2 Å². The Morgan fingerprint density at radius 2 is 1.76 bits per heavy atom. The van der Waals surface area contributed by atoms with Crippen LogP contribution >= 0.6 is 11.6 Å². The van der Waals surface area contributed by atoms with E-state index in [2.05, 4.69) is 4.98 Å². The molecule has 4 heteroatoms. The summed E-state index contributed by atoms with van der Waals surface area (Å²) in [7, 11) is 0. The van der Waals surface area contributed by atoms with Gasteiger partial charge in [0.15, 0.2) is 0 Å². The topological polar surface area (TPSA) is 33.1 Å². The van der Waals surface area contributed by atoms with Crippen LogP contribution in [0.15, 0.2) is 48.5 Å². The zero-order valence-electron chi connectivity index (χ0n) is 11.3. The molecule has 0 amide bonds. The number of rotatable bonds is 2. The Hall–Kier alpha value is -1.97. The number of benzene rings is 2. The van der Waals surface area contributed by atoms with Crippen molar-refractivity contribution in [3.63, 3.8) is 0 Å². The van der Waals surface area contributed by atoms with E-state index in [0.29, 0.717) is 11.1 Å². The van der Waals surface area contributed by atoms with Gasteiger partial charge in [0.2, 0.25) is 0 Å². The second-order valence-electron chi connectivity index (χ2n) is 4.98. The van der Waals surface area contributed by atoms with E-state index >= 15 is 0 Å². The smallest absolute Gasteiger partial charge is 0.142 e. The molecule has 1 N–H and O–H groups in total. The Balaban J connectivity index is 2.02. The molecular formula is C17H13ClFNO. The highest BCUT2D eigenvalue weighted by Crippen LogP contribution is 2.27. The SMILES string of the molecule is Cc1ccc2cc(C(O)c3ccc(Cl)c(F)c3)ccc2n1. The van der Waals surface area contributed by atoms with E-state index < -0.39 is 11.9 Å². The number of aromatic nitrogens is 1. The van der Waals surface area contributed by atoms with Gasteiger partial charge in [0.05, 0.1) is 10.5 Å². The third-order valence-corrected chi connectivity index (χ3v) is 3.73. The molecule has 2 aromatic carbocycles. The Bertz CT molecular complexity index is 819. The third kappa shape index (κ3) is 2.75. The fourth-order valence-corrected chi connectivity index (χ4v) is 2.41. The van der Waals surface area contributed by atoms with Crippen LogP contribution in [0.1, 0.15) is 22.9 Å². The molecule has 2 nitrogen and oxygen atoms in total. The van der Waals surface area contributed by atoms with Gasteiger partial charge in [-0.15, -0.1) is 0 Å². The van der Waals surface area contributed by atoms with Crippen molar-refractivity contribution in [3.05, 3.63) is 76.2 Å². The van der Waals surface area contributed by atoms with Crippen LogP contribution < -0.4 is 0 Å². The number of fused-ring (bicyclic) bond motifs is 1. The second-order valence-corrected chi connectivity index (χ2v) is 5.39. The zero-order valence-corrected chi connectivity index (χ0v) is 12.1. The molecule has 106 valence electrons. The molecule has 1 aromatic heterocycles. The highest BCUT2D eigenvalue weighted by molar-refractivity contribution is 6.30. The number of aryl methyl sites for hydroxylation is 1. The quantitative estimate of drug-likeness (QED) is 0.760. The Morgan fingerprint density at radius 1 is 1.05 bits per heavy atom. The number of aliphatic hydroxyl groups excluding tert-OH is 1. The standard InChI is InChI=1S/C17H13ClFNO/c1-10-2-3-11-8-12(5-7-16(11)20-10)17(21)13-4-6-14(18)15(19)9-13/h2-9,17,21H,1H3. The lowest BCUT2D eigenvalue weighted by atomic mass is 10.00. The number of hydrogen-bond donors (Lipinski definition) is 1. The van der Waals surface area contributed by atoms with Crippen LogP contribution in [0.25, 0.3) is 10.9 Å². The lowest BCUT2D eigenvalue weighted by Crippen LogP contribution is -2.00. The molecule has 0 bridgehead atoms. The highest BCUT2D eigenvalue weighted by Gasteiger charge is 2.13. The maximum atomic E-state index is 13.5. The number of aliphatic hydroxyl groups is 1. The fourth-order valence-electron chi connectivity index (χ4n) is 2.29. The van der Waals surface area contributed by atoms with Gasteiger partial charge in [0.25, 0.3) is 0 Å². The van der Waals surface area contributed by atoms with Crippen LogP contribution in [0.3, 0.4) is 0 Å². The van der Waals surface area contributed by atoms with Gasteiger partial charge < -0.3 is 5.11 Å². The molecule has 0 aliphatic heterocycles. The summed E-state index contributed by atoms with van der Waals surface area (Å²) in [5, 5.41) is 11.4. The summed E-state index contributed by atoms with van der Waals surface area (Å²) >= 11 is 5.66. The van der Waals surface area contributed by atoms with E-state index in [0.717, 1.165) is 16.6 Å². The van der Waals surface area contributed by atoms with Crippen LogP contribution in [0, 0.1) is 12.7 Å². The molecule has 1 heterocycles. The third-order valence-electron chi connectivity index (χ3n) is 3.43. The van der Waals surface area contributed by atoms with Crippen LogP contribution in [-0.2, 0) is 0 Å². The molecule has 0 aliphatic rings. The number of hydrogen-bond acceptors (Lipinski definition) is 2. The van der Waals surface area contributed by atoms with Crippen molar-refractivity contribution < 1.29 is 9.50 Å². The summed E-state index contributed by atoms with van der Waals surface area (Å²) in [6.07, 6.45) is -0.900. The average molecular weight is 302 g/mol. The zero-order chi connectivity index (χ0) is 15.0. The van der Waals surface area contributed by atoms with Gasteiger partial charge in [-0.05, 0) is 48.4 Å². The van der Waals surface area contributed by atoms with Gasteiger partial charge in [0, 0.05) is 11.1 Å². The molecule has 1 unspecified atom stereocenters. The predicted octanol–water partition coefficient (Wildman–Crippen LogP) is 4.42. The first-order valence-electron chi connectivity index (χ1n) is 6.55. The second kappa shape index (κ2) is 5.43. The Kier molecular flexibility index (Phi) is 3.62. The van der Waals surface area contributed by atoms with Crippen molar-refractivity contribution in [2.45, 2.75) is 13.0 Å². The Morgan fingerprint density at radius 3 is 2.52 bits per heavy atom. The monoisotopic (exact) mass is 301 g/mol. The van der Waals surface area contributed by atoms with E-state index in [-0.39, 0.29) is 5.02 Å². The minimum Gasteiger partial charge on any atom is -0.384 e. The molecule has 0 saturated carbocycles. The van der Waals surface area contributed by atoms with Crippen molar-refractivity contribution in [2.24, 2.45) is 0 Å². The van der Waals surface area contributed by atoms with Gasteiger partial charge >= 0.3 is 0 Å². The van der Waals surface area contributed by atoms with Crippen molar-refractivity contribution in [1.29, 1.82) is 0 Å². The molecule has 0 radical (unpaired) electrons. The van der Waals surface area contributed by atoms with Crippen molar-refractivity contribution in [2.75, 3.05) is 0 Å². The average Bonchev–Trinajstić information content (AvgIpc) is 2.49. The molecule has 1 atom stereocenters. The molecule has 21 heavy (non-hydrogen) atoms. The summed E-state index contributed by atoms with van der Waals surface area (Å²) in [5.41, 5.74) is 2.97. The number of pyridine rings is 1. The Labute approximate surface area is 126 Å². The highest BCUT2D eigenvalue weighted by atomic mass is 35.5.